The first-order valence-corrected chi connectivity index (χ1v) is 8.79. The van der Waals surface area contributed by atoms with Gasteiger partial charge in [-0.3, -0.25) is 0 Å². The Bertz CT molecular complexity index is 708. The van der Waals surface area contributed by atoms with Crippen molar-refractivity contribution in [2.75, 3.05) is 13.1 Å². The fraction of sp³-hybridized carbons (Fsp3) is 0.556. The molecule has 23 heavy (non-hydrogen) atoms. The smallest absolute Gasteiger partial charge is 0.316 e. The average molecular weight is 312 g/mol. The Morgan fingerprint density at radius 2 is 1.96 bits per heavy atom. The number of hydrogen-bond acceptors (Lipinski definition) is 3. The maximum Gasteiger partial charge on any atom is 0.350 e. The van der Waals surface area contributed by atoms with E-state index in [1.54, 1.807) is 4.68 Å². The molecule has 4 rings (SSSR count). The number of para-hydroxylation sites is 1. The van der Waals surface area contributed by atoms with E-state index < -0.39 is 0 Å². The van der Waals surface area contributed by atoms with Gasteiger partial charge in [-0.05, 0) is 50.3 Å². The number of rotatable bonds is 4. The minimum Gasteiger partial charge on any atom is -0.316 e. The lowest BCUT2D eigenvalue weighted by Crippen LogP contribution is -2.31. The molecule has 1 aromatic carbocycles. The lowest BCUT2D eigenvalue weighted by atomic mass is 9.85. The molecule has 122 valence electrons. The van der Waals surface area contributed by atoms with Gasteiger partial charge in [0.05, 0.1) is 5.69 Å². The summed E-state index contributed by atoms with van der Waals surface area (Å²) in [4.78, 5) is 13.0. The Morgan fingerprint density at radius 1 is 1.13 bits per heavy atom. The second kappa shape index (κ2) is 6.32. The summed E-state index contributed by atoms with van der Waals surface area (Å²) >= 11 is 0. The number of benzene rings is 1. The maximum absolute atomic E-state index is 13.0. The first kappa shape index (κ1) is 14.7. The van der Waals surface area contributed by atoms with E-state index in [1.807, 2.05) is 34.9 Å². The van der Waals surface area contributed by atoms with E-state index in [2.05, 4.69) is 5.32 Å². The Labute approximate surface area is 136 Å². The van der Waals surface area contributed by atoms with Crippen molar-refractivity contribution >= 4 is 0 Å². The first-order valence-electron chi connectivity index (χ1n) is 8.79. The largest absolute Gasteiger partial charge is 0.350 e. The second-order valence-corrected chi connectivity index (χ2v) is 6.83. The predicted octanol–water partition coefficient (Wildman–Crippen LogP) is 2.30. The fourth-order valence-corrected chi connectivity index (χ4v) is 3.62. The third-order valence-electron chi connectivity index (χ3n) is 5.20. The molecule has 0 amide bonds. The van der Waals surface area contributed by atoms with Gasteiger partial charge < -0.3 is 5.32 Å². The minimum atomic E-state index is 0.0173. The van der Waals surface area contributed by atoms with Crippen molar-refractivity contribution in [1.82, 2.24) is 19.7 Å². The summed E-state index contributed by atoms with van der Waals surface area (Å²) in [5, 5.41) is 8.20. The highest BCUT2D eigenvalue weighted by Gasteiger charge is 2.26. The number of piperidine rings is 1. The quantitative estimate of drug-likeness (QED) is 0.942. The van der Waals surface area contributed by atoms with Crippen LogP contribution in [0.2, 0.25) is 0 Å². The Kier molecular flexibility index (Phi) is 4.04. The third kappa shape index (κ3) is 2.85. The second-order valence-electron chi connectivity index (χ2n) is 6.83. The monoisotopic (exact) mass is 312 g/mol. The van der Waals surface area contributed by atoms with Crippen molar-refractivity contribution in [3.63, 3.8) is 0 Å². The normalized spacial score (nSPS) is 22.0. The topological polar surface area (TPSA) is 51.9 Å². The van der Waals surface area contributed by atoms with Crippen LogP contribution in [0.5, 0.6) is 0 Å². The van der Waals surface area contributed by atoms with Crippen LogP contribution >= 0.6 is 0 Å². The molecule has 2 aliphatic rings. The average Bonchev–Trinajstić information content (AvgIpc) is 2.89. The Balaban J connectivity index is 1.75. The number of hydrogen-bond donors (Lipinski definition) is 1. The van der Waals surface area contributed by atoms with Crippen LogP contribution in [0.25, 0.3) is 5.69 Å². The molecule has 1 saturated heterocycles. The Hall–Kier alpha value is -1.88. The molecule has 1 saturated carbocycles. The van der Waals surface area contributed by atoms with Gasteiger partial charge >= 0.3 is 5.69 Å². The SMILES string of the molecule is O=c1n(CC2CCC2)nc([C@@H]2CCCNC2)n1-c1ccccc1. The molecule has 2 heterocycles. The molecule has 0 unspecified atom stereocenters. The van der Waals surface area contributed by atoms with E-state index in [0.29, 0.717) is 11.8 Å². The number of aromatic nitrogens is 3. The molecule has 2 aromatic rings. The molecule has 0 radical (unpaired) electrons. The summed E-state index contributed by atoms with van der Waals surface area (Å²) in [6.07, 6.45) is 5.98. The van der Waals surface area contributed by atoms with Gasteiger partial charge in [0.1, 0.15) is 5.82 Å². The van der Waals surface area contributed by atoms with Gasteiger partial charge in [-0.1, -0.05) is 24.6 Å². The third-order valence-corrected chi connectivity index (χ3v) is 5.20. The van der Waals surface area contributed by atoms with Crippen molar-refractivity contribution in [1.29, 1.82) is 0 Å². The van der Waals surface area contributed by atoms with Crippen LogP contribution in [0.3, 0.4) is 0 Å². The molecule has 1 aliphatic heterocycles. The predicted molar refractivity (Wildman–Crippen MR) is 90.0 cm³/mol. The van der Waals surface area contributed by atoms with Crippen molar-refractivity contribution in [3.8, 4) is 5.69 Å². The van der Waals surface area contributed by atoms with Crippen LogP contribution in [0, 0.1) is 5.92 Å². The van der Waals surface area contributed by atoms with Crippen LogP contribution in [0.4, 0.5) is 0 Å². The highest BCUT2D eigenvalue weighted by atomic mass is 16.2. The zero-order valence-corrected chi connectivity index (χ0v) is 13.4. The molecule has 0 bridgehead atoms. The summed E-state index contributed by atoms with van der Waals surface area (Å²) in [5.41, 5.74) is 0.946. The van der Waals surface area contributed by atoms with E-state index in [1.165, 1.54) is 19.3 Å². The lowest BCUT2D eigenvalue weighted by Gasteiger charge is -2.24. The van der Waals surface area contributed by atoms with E-state index in [-0.39, 0.29) is 5.69 Å². The molecule has 1 atom stereocenters. The van der Waals surface area contributed by atoms with E-state index >= 15 is 0 Å². The molecular formula is C18H24N4O. The molecule has 0 spiro atoms. The van der Waals surface area contributed by atoms with Gasteiger partial charge in [0, 0.05) is 19.0 Å². The summed E-state index contributed by atoms with van der Waals surface area (Å²) in [6.45, 7) is 2.74. The van der Waals surface area contributed by atoms with E-state index in [4.69, 9.17) is 5.10 Å². The molecule has 5 nitrogen and oxygen atoms in total. The van der Waals surface area contributed by atoms with Gasteiger partial charge in [-0.25, -0.2) is 14.0 Å². The van der Waals surface area contributed by atoms with Crippen LogP contribution in [0.1, 0.15) is 43.8 Å². The first-order chi connectivity index (χ1) is 11.3. The van der Waals surface area contributed by atoms with Crippen molar-refractivity contribution in [2.24, 2.45) is 5.92 Å². The molecule has 1 N–H and O–H groups in total. The van der Waals surface area contributed by atoms with Crippen LogP contribution in [-0.4, -0.2) is 27.4 Å². The van der Waals surface area contributed by atoms with Crippen molar-refractivity contribution < 1.29 is 0 Å². The summed E-state index contributed by atoms with van der Waals surface area (Å²) in [5.74, 6) is 1.87. The molecular weight excluding hydrogens is 288 g/mol. The Morgan fingerprint density at radius 3 is 2.61 bits per heavy atom. The van der Waals surface area contributed by atoms with Gasteiger partial charge in [0.2, 0.25) is 0 Å². The zero-order valence-electron chi connectivity index (χ0n) is 13.4. The van der Waals surface area contributed by atoms with Gasteiger partial charge in [-0.15, -0.1) is 0 Å². The van der Waals surface area contributed by atoms with Crippen LogP contribution in [-0.2, 0) is 6.54 Å². The molecule has 1 aliphatic carbocycles. The van der Waals surface area contributed by atoms with Crippen molar-refractivity contribution in [2.45, 2.75) is 44.6 Å². The van der Waals surface area contributed by atoms with Gasteiger partial charge in [-0.2, -0.15) is 5.10 Å². The molecule has 1 aromatic heterocycles. The van der Waals surface area contributed by atoms with Crippen LogP contribution < -0.4 is 11.0 Å². The standard InChI is InChI=1S/C18H24N4O/c23-18-21(13-14-6-4-7-14)20-17(15-8-5-11-19-12-15)22(18)16-9-2-1-3-10-16/h1-3,9-10,14-15,19H,4-8,11-13H2/t15-/m1/s1. The fourth-order valence-electron chi connectivity index (χ4n) is 3.62. The number of nitrogens with one attached hydrogen (secondary N) is 1. The van der Waals surface area contributed by atoms with E-state index in [0.717, 1.165) is 44.0 Å². The molecule has 5 heteroatoms. The molecule has 2 fully saturated rings. The van der Waals surface area contributed by atoms with E-state index in [9.17, 15) is 4.79 Å². The highest BCUT2D eigenvalue weighted by Crippen LogP contribution is 2.28. The highest BCUT2D eigenvalue weighted by molar-refractivity contribution is 5.33. The maximum atomic E-state index is 13.0. The van der Waals surface area contributed by atoms with Gasteiger partial charge in [0.15, 0.2) is 0 Å². The van der Waals surface area contributed by atoms with Crippen LogP contribution in [0.15, 0.2) is 35.1 Å². The van der Waals surface area contributed by atoms with Crippen molar-refractivity contribution in [3.05, 3.63) is 46.6 Å². The summed E-state index contributed by atoms with van der Waals surface area (Å²) in [6, 6.07) is 9.93. The number of nitrogens with zero attached hydrogens (tertiary/aromatic N) is 3. The zero-order chi connectivity index (χ0) is 15.6. The lowest BCUT2D eigenvalue weighted by molar-refractivity contribution is 0.262. The van der Waals surface area contributed by atoms with Gasteiger partial charge in [0.25, 0.3) is 0 Å². The summed E-state index contributed by atoms with van der Waals surface area (Å²) < 4.78 is 3.54. The minimum absolute atomic E-state index is 0.0173. The summed E-state index contributed by atoms with van der Waals surface area (Å²) in [7, 11) is 0.